The molecule has 0 radical (unpaired) electrons. The molecule has 1 saturated heterocycles. The molecule has 180 valence electrons. The summed E-state index contributed by atoms with van der Waals surface area (Å²) in [4.78, 5) is 41.5. The van der Waals surface area contributed by atoms with Crippen molar-refractivity contribution >= 4 is 23.1 Å². The fraction of sp³-hybridized carbons (Fsp3) is 0.107. The first-order valence-corrected chi connectivity index (χ1v) is 11.3. The van der Waals surface area contributed by atoms with Crippen LogP contribution in [0.5, 0.6) is 0 Å². The monoisotopic (exact) mass is 483 g/mol. The molecule has 36 heavy (non-hydrogen) atoms. The molecule has 5 rings (SSSR count). The number of aliphatic hydroxyl groups is 1. The van der Waals surface area contributed by atoms with Crippen LogP contribution in [0.25, 0.3) is 11.4 Å². The molecular formula is C28H22FN3O4. The molecule has 1 aliphatic heterocycles. The van der Waals surface area contributed by atoms with Crippen molar-refractivity contribution in [2.45, 2.75) is 13.0 Å². The van der Waals surface area contributed by atoms with E-state index in [1.807, 2.05) is 6.07 Å². The van der Waals surface area contributed by atoms with Gasteiger partial charge in [0, 0.05) is 18.2 Å². The van der Waals surface area contributed by atoms with Gasteiger partial charge >= 0.3 is 0 Å². The van der Waals surface area contributed by atoms with Gasteiger partial charge in [-0.25, -0.2) is 9.07 Å². The number of amides is 1. The van der Waals surface area contributed by atoms with Gasteiger partial charge in [-0.1, -0.05) is 66.7 Å². The summed E-state index contributed by atoms with van der Waals surface area (Å²) in [5.74, 6) is -3.14. The fourth-order valence-corrected chi connectivity index (χ4v) is 4.64. The lowest BCUT2D eigenvalue weighted by Crippen LogP contribution is -2.34. The smallest absolute Gasteiger partial charge is 0.300 e. The maximum Gasteiger partial charge on any atom is 0.300 e. The van der Waals surface area contributed by atoms with Crippen molar-refractivity contribution in [2.24, 2.45) is 7.05 Å². The summed E-state index contributed by atoms with van der Waals surface area (Å²) in [6.07, 6.45) is 0. The summed E-state index contributed by atoms with van der Waals surface area (Å²) in [5, 5.41) is 11.1. The number of carbonyl (C=O) groups excluding carboxylic acids is 2. The first kappa shape index (κ1) is 23.0. The number of hydrogen-bond donors (Lipinski definition) is 1. The Bertz CT molecular complexity index is 1590. The van der Waals surface area contributed by atoms with Crippen molar-refractivity contribution in [3.63, 3.8) is 0 Å². The van der Waals surface area contributed by atoms with Crippen LogP contribution in [0, 0.1) is 12.7 Å². The maximum absolute atomic E-state index is 15.1. The first-order chi connectivity index (χ1) is 17.3. The second-order valence-corrected chi connectivity index (χ2v) is 8.47. The second-order valence-electron chi connectivity index (χ2n) is 8.47. The number of carbonyl (C=O) groups is 2. The van der Waals surface area contributed by atoms with Gasteiger partial charge in [-0.05, 0) is 25.1 Å². The van der Waals surface area contributed by atoms with Crippen LogP contribution in [0.4, 0.5) is 10.1 Å². The van der Waals surface area contributed by atoms with Gasteiger partial charge in [0.25, 0.3) is 17.2 Å². The molecule has 1 unspecified atom stereocenters. The zero-order valence-corrected chi connectivity index (χ0v) is 19.6. The Kier molecular flexibility index (Phi) is 5.64. The topological polar surface area (TPSA) is 84.5 Å². The van der Waals surface area contributed by atoms with Crippen LogP contribution in [0.3, 0.4) is 0 Å². The fourth-order valence-electron chi connectivity index (χ4n) is 4.64. The number of Topliss-reactive ketones (excluding diaryl/α,β-unsaturated/α-hetero) is 1. The molecule has 1 amide bonds. The van der Waals surface area contributed by atoms with Crippen LogP contribution in [-0.2, 0) is 16.6 Å². The normalized spacial score (nSPS) is 17.1. The number of para-hydroxylation sites is 1. The Morgan fingerprint density at radius 2 is 1.44 bits per heavy atom. The molecule has 1 fully saturated rings. The highest BCUT2D eigenvalue weighted by atomic mass is 19.1. The van der Waals surface area contributed by atoms with Crippen molar-refractivity contribution in [1.82, 2.24) is 9.36 Å². The number of ketones is 1. The number of aliphatic hydroxyl groups excluding tert-OH is 1. The van der Waals surface area contributed by atoms with E-state index in [1.54, 1.807) is 79.3 Å². The summed E-state index contributed by atoms with van der Waals surface area (Å²) < 4.78 is 18.1. The highest BCUT2D eigenvalue weighted by Crippen LogP contribution is 2.43. The Morgan fingerprint density at radius 3 is 2.08 bits per heavy atom. The van der Waals surface area contributed by atoms with E-state index in [-0.39, 0.29) is 16.8 Å². The molecule has 1 aromatic heterocycles. The summed E-state index contributed by atoms with van der Waals surface area (Å²) in [5.41, 5.74) is 0.332. The number of halogens is 1. The maximum atomic E-state index is 15.1. The Morgan fingerprint density at radius 1 is 0.861 bits per heavy atom. The number of nitrogens with zero attached hydrogens (tertiary/aromatic N) is 3. The average Bonchev–Trinajstić information content (AvgIpc) is 3.27. The van der Waals surface area contributed by atoms with E-state index in [0.717, 1.165) is 4.90 Å². The molecule has 1 N–H and O–H groups in total. The zero-order valence-electron chi connectivity index (χ0n) is 19.6. The predicted octanol–water partition coefficient (Wildman–Crippen LogP) is 4.25. The van der Waals surface area contributed by atoms with Gasteiger partial charge < -0.3 is 5.11 Å². The van der Waals surface area contributed by atoms with E-state index in [0.29, 0.717) is 16.9 Å². The van der Waals surface area contributed by atoms with Crippen LogP contribution in [0.2, 0.25) is 0 Å². The number of benzene rings is 3. The second kappa shape index (κ2) is 8.81. The third kappa shape index (κ3) is 3.46. The quantitative estimate of drug-likeness (QED) is 0.267. The van der Waals surface area contributed by atoms with Crippen molar-refractivity contribution in [3.05, 3.63) is 123 Å². The minimum absolute atomic E-state index is 0.0110. The minimum Gasteiger partial charge on any atom is -0.507 e. The molecular weight excluding hydrogens is 461 g/mol. The van der Waals surface area contributed by atoms with E-state index >= 15 is 4.39 Å². The highest BCUT2D eigenvalue weighted by Gasteiger charge is 2.49. The lowest BCUT2D eigenvalue weighted by Gasteiger charge is -2.24. The summed E-state index contributed by atoms with van der Waals surface area (Å²) >= 11 is 0. The predicted molar refractivity (Wildman–Crippen MR) is 133 cm³/mol. The largest absolute Gasteiger partial charge is 0.507 e. The van der Waals surface area contributed by atoms with Crippen molar-refractivity contribution in [3.8, 4) is 5.69 Å². The van der Waals surface area contributed by atoms with Gasteiger partial charge in [0.1, 0.15) is 17.3 Å². The number of rotatable bonds is 4. The lowest BCUT2D eigenvalue weighted by atomic mass is 9.95. The third-order valence-corrected chi connectivity index (χ3v) is 6.46. The summed E-state index contributed by atoms with van der Waals surface area (Å²) in [6, 6.07) is 21.4. The molecule has 0 saturated carbocycles. The van der Waals surface area contributed by atoms with E-state index in [1.165, 1.54) is 22.9 Å². The van der Waals surface area contributed by atoms with Crippen molar-refractivity contribution in [2.75, 3.05) is 4.90 Å². The Labute approximate surface area is 205 Å². The summed E-state index contributed by atoms with van der Waals surface area (Å²) in [7, 11) is 1.66. The molecule has 1 atom stereocenters. The van der Waals surface area contributed by atoms with Gasteiger partial charge in [-0.15, -0.1) is 0 Å². The molecule has 0 bridgehead atoms. The van der Waals surface area contributed by atoms with Crippen LogP contribution >= 0.6 is 0 Å². The molecule has 2 heterocycles. The Balaban J connectivity index is 1.81. The standard InChI is InChI=1S/C28H22FN3O4/c1-17-23(27(35)32(30(17)2)19-13-7-4-8-14-19)31-24(20-15-9-10-16-21(20)29)22(26(34)28(31)36)25(33)18-11-5-3-6-12-18/h3-16,24,33H,1-2H3/b25-22+. The molecule has 7 nitrogen and oxygen atoms in total. The number of anilines is 1. The van der Waals surface area contributed by atoms with E-state index in [9.17, 15) is 19.5 Å². The van der Waals surface area contributed by atoms with Crippen LogP contribution in [-0.4, -0.2) is 26.2 Å². The number of hydrogen-bond acceptors (Lipinski definition) is 4. The van der Waals surface area contributed by atoms with Crippen molar-refractivity contribution < 1.29 is 19.1 Å². The molecule has 0 spiro atoms. The highest BCUT2D eigenvalue weighted by molar-refractivity contribution is 6.51. The van der Waals surface area contributed by atoms with E-state index in [2.05, 4.69) is 0 Å². The molecule has 8 heteroatoms. The van der Waals surface area contributed by atoms with Crippen LogP contribution in [0.15, 0.2) is 95.3 Å². The van der Waals surface area contributed by atoms with Gasteiger partial charge in [0.15, 0.2) is 0 Å². The molecule has 1 aliphatic rings. The number of aromatic nitrogens is 2. The third-order valence-electron chi connectivity index (χ3n) is 6.46. The SMILES string of the molecule is Cc1c(N2C(=O)C(=O)/C(=C(/O)c3ccccc3)C2c2ccccc2F)c(=O)n(-c2ccccc2)n1C. The lowest BCUT2D eigenvalue weighted by molar-refractivity contribution is -0.132. The van der Waals surface area contributed by atoms with Gasteiger partial charge in [-0.3, -0.25) is 24.0 Å². The summed E-state index contributed by atoms with van der Waals surface area (Å²) in [6.45, 7) is 1.64. The molecule has 4 aromatic rings. The van der Waals surface area contributed by atoms with Crippen LogP contribution in [0.1, 0.15) is 22.9 Å². The molecule has 0 aliphatic carbocycles. The minimum atomic E-state index is -1.34. The van der Waals surface area contributed by atoms with Gasteiger partial charge in [-0.2, -0.15) is 0 Å². The van der Waals surface area contributed by atoms with E-state index < -0.39 is 34.9 Å². The van der Waals surface area contributed by atoms with Crippen LogP contribution < -0.4 is 10.5 Å². The Hall–Kier alpha value is -4.72. The zero-order chi connectivity index (χ0) is 25.6. The van der Waals surface area contributed by atoms with Crippen molar-refractivity contribution in [1.29, 1.82) is 0 Å². The van der Waals surface area contributed by atoms with Gasteiger partial charge in [0.2, 0.25) is 0 Å². The average molecular weight is 483 g/mol. The van der Waals surface area contributed by atoms with E-state index in [4.69, 9.17) is 0 Å². The van der Waals surface area contributed by atoms with Gasteiger partial charge in [0.05, 0.1) is 23.0 Å². The molecule has 3 aromatic carbocycles. The first-order valence-electron chi connectivity index (χ1n) is 11.3.